The number of carbonyl (C=O) groups is 1. The minimum atomic E-state index is -0.445. The summed E-state index contributed by atoms with van der Waals surface area (Å²) >= 11 is 0. The molecule has 0 radical (unpaired) electrons. The minimum Gasteiger partial charge on any atom is -0.359 e. The Balaban J connectivity index is 1.47. The van der Waals surface area contributed by atoms with Gasteiger partial charge in [-0.05, 0) is 43.4 Å². The third-order valence-electron chi connectivity index (χ3n) is 6.75. The van der Waals surface area contributed by atoms with Crippen LogP contribution in [0, 0.1) is 5.41 Å². The zero-order chi connectivity index (χ0) is 20.7. The molecule has 7 nitrogen and oxygen atoms in total. The highest BCUT2D eigenvalue weighted by molar-refractivity contribution is 5.85. The van der Waals surface area contributed by atoms with Gasteiger partial charge in [-0.15, -0.1) is 10.2 Å². The van der Waals surface area contributed by atoms with E-state index in [1.807, 2.05) is 48.1 Å². The van der Waals surface area contributed by atoms with Crippen molar-refractivity contribution in [3.05, 3.63) is 60.4 Å². The lowest BCUT2D eigenvalue weighted by molar-refractivity contribution is -0.131. The number of aryl methyl sites for hydroxylation is 1. The molecule has 2 bridgehead atoms. The molecule has 7 heteroatoms. The number of fused-ring (bicyclic) bond motifs is 2. The zero-order valence-corrected chi connectivity index (χ0v) is 17.3. The van der Waals surface area contributed by atoms with Gasteiger partial charge >= 0.3 is 0 Å². The lowest BCUT2D eigenvalue weighted by Crippen LogP contribution is -2.49. The fourth-order valence-electron chi connectivity index (χ4n) is 5.45. The van der Waals surface area contributed by atoms with Crippen molar-refractivity contribution in [1.29, 1.82) is 0 Å². The Kier molecular flexibility index (Phi) is 4.53. The van der Waals surface area contributed by atoms with Crippen LogP contribution in [0.3, 0.4) is 0 Å². The predicted octanol–water partition coefficient (Wildman–Crippen LogP) is 2.59. The number of amides is 1. The zero-order valence-electron chi connectivity index (χ0n) is 17.3. The Bertz CT molecular complexity index is 1050. The number of nitrogens with one attached hydrogen (secondary N) is 1. The standard InChI is InChI=1S/C23H26N6O/c1-24-22(30)23(14-16-6-4-3-5-7-16)15-17-8-10-19(23)29(17)20-11-9-18(26-27-20)21-25-12-13-28(21)2/h3-7,9,11-13,17,19H,8,10,14-15H2,1-2H3,(H,24,30)/t17-,19+,23+/m1/s1. The van der Waals surface area contributed by atoms with Crippen LogP contribution in [0.25, 0.3) is 11.5 Å². The van der Waals surface area contributed by atoms with E-state index in [4.69, 9.17) is 0 Å². The maximum atomic E-state index is 13.2. The third kappa shape index (κ3) is 2.88. The largest absolute Gasteiger partial charge is 0.359 e. The summed E-state index contributed by atoms with van der Waals surface area (Å²) in [6.45, 7) is 0. The Labute approximate surface area is 176 Å². The molecular weight excluding hydrogens is 376 g/mol. The van der Waals surface area contributed by atoms with Gasteiger partial charge in [-0.1, -0.05) is 30.3 Å². The van der Waals surface area contributed by atoms with Crippen LogP contribution < -0.4 is 10.2 Å². The summed E-state index contributed by atoms with van der Waals surface area (Å²) in [5.74, 6) is 1.77. The molecular formula is C23H26N6O. The van der Waals surface area contributed by atoms with Crippen LogP contribution in [0.5, 0.6) is 0 Å². The molecule has 1 amide bonds. The number of nitrogens with zero attached hydrogens (tertiary/aromatic N) is 5. The molecule has 1 N–H and O–H groups in total. The Morgan fingerprint density at radius 3 is 2.67 bits per heavy atom. The van der Waals surface area contributed by atoms with Crippen LogP contribution >= 0.6 is 0 Å². The molecule has 1 aromatic carbocycles. The van der Waals surface area contributed by atoms with Gasteiger partial charge in [0, 0.05) is 38.6 Å². The molecule has 2 aromatic heterocycles. The van der Waals surface area contributed by atoms with Gasteiger partial charge in [-0.2, -0.15) is 0 Å². The number of rotatable bonds is 5. The first-order chi connectivity index (χ1) is 14.6. The molecule has 5 rings (SSSR count). The minimum absolute atomic E-state index is 0.121. The SMILES string of the molecule is CNC(=O)[C@@]1(Cc2ccccc2)C[C@H]2CC[C@@H]1N2c1ccc(-c2nccn2C)nn1. The van der Waals surface area contributed by atoms with Crippen molar-refractivity contribution in [2.75, 3.05) is 11.9 Å². The number of benzene rings is 1. The van der Waals surface area contributed by atoms with Crippen molar-refractivity contribution in [3.63, 3.8) is 0 Å². The van der Waals surface area contributed by atoms with E-state index in [2.05, 4.69) is 37.5 Å². The average Bonchev–Trinajstić information content (AvgIpc) is 3.47. The van der Waals surface area contributed by atoms with E-state index in [0.717, 1.165) is 43.0 Å². The summed E-state index contributed by atoms with van der Waals surface area (Å²) in [6.07, 6.45) is 7.31. The highest BCUT2D eigenvalue weighted by Gasteiger charge is 2.59. The van der Waals surface area contributed by atoms with Crippen molar-refractivity contribution >= 4 is 11.7 Å². The topological polar surface area (TPSA) is 75.9 Å². The van der Waals surface area contributed by atoms with Gasteiger partial charge < -0.3 is 14.8 Å². The first-order valence-electron chi connectivity index (χ1n) is 10.5. The van der Waals surface area contributed by atoms with E-state index in [9.17, 15) is 4.79 Å². The van der Waals surface area contributed by atoms with Gasteiger partial charge in [0.1, 0.15) is 5.69 Å². The van der Waals surface area contributed by atoms with E-state index in [1.165, 1.54) is 5.56 Å². The van der Waals surface area contributed by atoms with Crippen LogP contribution in [0.4, 0.5) is 5.82 Å². The molecule has 4 heterocycles. The summed E-state index contributed by atoms with van der Waals surface area (Å²) in [5, 5.41) is 11.9. The van der Waals surface area contributed by atoms with E-state index >= 15 is 0 Å². The van der Waals surface area contributed by atoms with E-state index < -0.39 is 5.41 Å². The van der Waals surface area contributed by atoms with Gasteiger partial charge in [-0.25, -0.2) is 4.98 Å². The number of anilines is 1. The first kappa shape index (κ1) is 18.8. The quantitative estimate of drug-likeness (QED) is 0.710. The molecule has 0 unspecified atom stereocenters. The van der Waals surface area contributed by atoms with Crippen LogP contribution in [0.15, 0.2) is 54.9 Å². The summed E-state index contributed by atoms with van der Waals surface area (Å²) < 4.78 is 1.93. The monoisotopic (exact) mass is 402 g/mol. The predicted molar refractivity (Wildman–Crippen MR) is 115 cm³/mol. The number of imidazole rings is 1. The van der Waals surface area contributed by atoms with Crippen molar-refractivity contribution in [3.8, 4) is 11.5 Å². The smallest absolute Gasteiger partial charge is 0.228 e. The van der Waals surface area contributed by atoms with Crippen LogP contribution in [-0.4, -0.2) is 44.8 Å². The molecule has 0 spiro atoms. The van der Waals surface area contributed by atoms with Crippen molar-refractivity contribution < 1.29 is 4.79 Å². The normalized spacial score (nSPS) is 24.9. The second-order valence-corrected chi connectivity index (χ2v) is 8.39. The van der Waals surface area contributed by atoms with Crippen molar-refractivity contribution in [1.82, 2.24) is 25.1 Å². The maximum Gasteiger partial charge on any atom is 0.228 e. The van der Waals surface area contributed by atoms with E-state index in [0.29, 0.717) is 6.04 Å². The third-order valence-corrected chi connectivity index (χ3v) is 6.75. The second kappa shape index (κ2) is 7.23. The van der Waals surface area contributed by atoms with Gasteiger partial charge in [-0.3, -0.25) is 4.79 Å². The molecule has 30 heavy (non-hydrogen) atoms. The molecule has 2 fully saturated rings. The molecule has 3 aromatic rings. The lowest BCUT2D eigenvalue weighted by atomic mass is 9.69. The summed E-state index contributed by atoms with van der Waals surface area (Å²) in [7, 11) is 3.69. The number of carbonyl (C=O) groups excluding carboxylic acids is 1. The highest BCUT2D eigenvalue weighted by atomic mass is 16.2. The lowest BCUT2D eigenvalue weighted by Gasteiger charge is -2.36. The highest BCUT2D eigenvalue weighted by Crippen LogP contribution is 2.52. The molecule has 154 valence electrons. The second-order valence-electron chi connectivity index (χ2n) is 8.39. The number of aromatic nitrogens is 4. The van der Waals surface area contributed by atoms with E-state index in [-0.39, 0.29) is 11.9 Å². The van der Waals surface area contributed by atoms with Gasteiger partial charge in [0.15, 0.2) is 11.6 Å². The summed E-state index contributed by atoms with van der Waals surface area (Å²) in [6, 6.07) is 14.7. The molecule has 0 aliphatic carbocycles. The summed E-state index contributed by atoms with van der Waals surface area (Å²) in [5.41, 5.74) is 1.50. The van der Waals surface area contributed by atoms with Gasteiger partial charge in [0.05, 0.1) is 5.41 Å². The molecule has 2 aliphatic rings. The Morgan fingerprint density at radius 1 is 1.17 bits per heavy atom. The number of hydrogen-bond acceptors (Lipinski definition) is 5. The molecule has 3 atom stereocenters. The van der Waals surface area contributed by atoms with Crippen molar-refractivity contribution in [2.45, 2.75) is 37.8 Å². The van der Waals surface area contributed by atoms with Crippen LogP contribution in [0.2, 0.25) is 0 Å². The fraction of sp³-hybridized carbons (Fsp3) is 0.391. The maximum absolute atomic E-state index is 13.2. The Morgan fingerprint density at radius 2 is 2.00 bits per heavy atom. The molecule has 2 saturated heterocycles. The van der Waals surface area contributed by atoms with E-state index in [1.54, 1.807) is 13.2 Å². The average molecular weight is 403 g/mol. The molecule has 2 aliphatic heterocycles. The fourth-order valence-corrected chi connectivity index (χ4v) is 5.45. The summed E-state index contributed by atoms with van der Waals surface area (Å²) in [4.78, 5) is 19.9. The molecule has 0 saturated carbocycles. The number of hydrogen-bond donors (Lipinski definition) is 1. The first-order valence-corrected chi connectivity index (χ1v) is 10.5. The van der Waals surface area contributed by atoms with Crippen LogP contribution in [0.1, 0.15) is 24.8 Å². The Hall–Kier alpha value is -3.22. The van der Waals surface area contributed by atoms with Gasteiger partial charge in [0.2, 0.25) is 5.91 Å². The van der Waals surface area contributed by atoms with Crippen LogP contribution in [-0.2, 0) is 18.3 Å². The van der Waals surface area contributed by atoms with Crippen molar-refractivity contribution in [2.24, 2.45) is 12.5 Å². The van der Waals surface area contributed by atoms with Gasteiger partial charge in [0.25, 0.3) is 0 Å².